The molecule has 145 heavy (non-hydrogen) atoms. The van der Waals surface area contributed by atoms with Crippen LogP contribution >= 0.6 is 0 Å². The van der Waals surface area contributed by atoms with Crippen molar-refractivity contribution in [3.8, 4) is 0 Å². The van der Waals surface area contributed by atoms with Crippen molar-refractivity contribution in [3.05, 3.63) is 0 Å². The van der Waals surface area contributed by atoms with E-state index < -0.39 is 85.0 Å². The molecule has 20 saturated carbocycles. The number of rotatable bonds is 30. The summed E-state index contributed by atoms with van der Waals surface area (Å²) in [5.74, 6) is 18.4. The minimum absolute atomic E-state index is 0.349. The average molecular weight is 2020 g/mol. The van der Waals surface area contributed by atoms with E-state index in [0.717, 1.165) is 375 Å². The van der Waals surface area contributed by atoms with Crippen LogP contribution in [0.25, 0.3) is 0 Å². The van der Waals surface area contributed by atoms with E-state index in [1.54, 1.807) is 0 Å². The first-order valence-corrected chi connectivity index (χ1v) is 66.2. The highest BCUT2D eigenvalue weighted by Crippen LogP contribution is 2.73. The molecule has 0 aromatic rings. The third-order valence-electron chi connectivity index (χ3n) is 50.2. The van der Waals surface area contributed by atoms with Crippen LogP contribution in [0, 0.1) is 173 Å². The van der Waals surface area contributed by atoms with Crippen LogP contribution in [-0.4, -0.2) is 59.8 Å². The van der Waals surface area contributed by atoms with Gasteiger partial charge < -0.3 is 0 Å². The van der Waals surface area contributed by atoms with Crippen LogP contribution in [0.4, 0.5) is 22.0 Å². The summed E-state index contributed by atoms with van der Waals surface area (Å²) in [6.07, 6.45) is 95.6. The van der Waals surface area contributed by atoms with Gasteiger partial charge in [-0.25, -0.2) is 22.0 Å². The number of carbonyl (C=O) groups excluding carboxylic acids is 5. The van der Waals surface area contributed by atoms with Gasteiger partial charge in [0.1, 0.15) is 30.9 Å². The van der Waals surface area contributed by atoms with E-state index in [1.807, 2.05) is 0 Å². The average Bonchev–Trinajstić information content (AvgIpc) is 0.705. The fourth-order valence-corrected chi connectivity index (χ4v) is 40.6. The van der Waals surface area contributed by atoms with E-state index in [1.165, 1.54) is 289 Å². The number of ketones is 5. The molecule has 10 heteroatoms. The van der Waals surface area contributed by atoms with Crippen molar-refractivity contribution in [2.75, 3.05) is 0 Å². The van der Waals surface area contributed by atoms with Gasteiger partial charge in [-0.1, -0.05) is 294 Å². The third kappa shape index (κ3) is 23.7. The molecule has 20 aliphatic rings. The molecule has 0 amide bonds. The van der Waals surface area contributed by atoms with Gasteiger partial charge in [0.15, 0.2) is 28.9 Å². The van der Waals surface area contributed by atoms with Gasteiger partial charge in [-0.15, -0.1) is 0 Å². The first-order valence-electron chi connectivity index (χ1n) is 66.2. The Kier molecular flexibility index (Phi) is 41.4. The Bertz CT molecular complexity index is 3890. The maximum absolute atomic E-state index is 15.8. The normalized spacial score (nSPS) is 45.5. The number of Topliss-reactive ketones (excluding diaryl/α,β-unsaturated/α-hetero) is 5. The fourth-order valence-electron chi connectivity index (χ4n) is 40.6. The molecule has 830 valence electrons. The molecule has 0 radical (unpaired) electrons. The van der Waals surface area contributed by atoms with Crippen molar-refractivity contribution < 1.29 is 45.9 Å². The summed E-state index contributed by atoms with van der Waals surface area (Å²) in [5.41, 5.74) is -5.62. The van der Waals surface area contributed by atoms with E-state index >= 15 is 22.0 Å². The molecule has 5 atom stereocenters. The maximum atomic E-state index is 15.8. The summed E-state index contributed by atoms with van der Waals surface area (Å²) in [6, 6.07) is 0. The van der Waals surface area contributed by atoms with E-state index in [0.29, 0.717) is 28.9 Å². The van der Waals surface area contributed by atoms with Gasteiger partial charge in [0.2, 0.25) is 0 Å². The molecule has 0 aliphatic heterocycles. The SMILES string of the molecule is CCCC1CCC(C2CCC3(CC2)C(=O)C2(CCC(CC)CC2)[C@H]3F)CC1.CCCC1CCC(C2CCC3(CC2)C(=O)C2(CCC(CCC)CC2)[C@H]3F)CC1.CCCCC1CCC2(CC1)C(=O)C1(CCC(C3CCC(CCC)CC3)CC1)[C@@H]2F.CCCCCC1CCC2(CC1)C(=O)C1(CCC(C3CCC(CCC)CC3)CC1)[C@@H]2F.CCCCCCC1CCC2(CC1)C(=O)C1(CCC(C3CCC(CCC)CC3)CC1)[C@@H]2F. The Morgan fingerprint density at radius 1 is 0.152 bits per heavy atom. The molecule has 0 N–H and O–H groups in total. The summed E-state index contributed by atoms with van der Waals surface area (Å²) in [4.78, 5) is 67.0. The lowest BCUT2D eigenvalue weighted by Gasteiger charge is -2.61. The second kappa shape index (κ2) is 52.0. The number of hydrogen-bond acceptors (Lipinski definition) is 5. The Labute approximate surface area is 887 Å². The van der Waals surface area contributed by atoms with E-state index in [-0.39, 0.29) is 0 Å². The van der Waals surface area contributed by atoms with Crippen LogP contribution in [0.15, 0.2) is 0 Å². The molecule has 0 unspecified atom stereocenters. The van der Waals surface area contributed by atoms with Crippen LogP contribution < -0.4 is 0 Å². The Morgan fingerprint density at radius 3 is 0.455 bits per heavy atom. The van der Waals surface area contributed by atoms with Crippen molar-refractivity contribution in [1.82, 2.24) is 0 Å². The third-order valence-corrected chi connectivity index (χ3v) is 50.2. The van der Waals surface area contributed by atoms with Crippen molar-refractivity contribution in [3.63, 3.8) is 0 Å². The van der Waals surface area contributed by atoms with Gasteiger partial charge in [0.25, 0.3) is 0 Å². The maximum Gasteiger partial charge on any atom is 0.151 e. The van der Waals surface area contributed by atoms with Gasteiger partial charge in [0.05, 0.1) is 54.1 Å². The lowest BCUT2D eigenvalue weighted by atomic mass is 9.41. The molecule has 0 heterocycles. The molecule has 20 fully saturated rings. The van der Waals surface area contributed by atoms with Gasteiger partial charge in [-0.05, 0) is 439 Å². The number of carbonyl (C=O) groups is 5. The van der Waals surface area contributed by atoms with Crippen molar-refractivity contribution in [2.24, 2.45) is 173 Å². The highest BCUT2D eigenvalue weighted by molar-refractivity contribution is 6.01. The molecular formula is C135H225F5O5. The smallest absolute Gasteiger partial charge is 0.151 e. The first kappa shape index (κ1) is 116. The molecule has 0 bridgehead atoms. The zero-order chi connectivity index (χ0) is 102. The summed E-state index contributed by atoms with van der Waals surface area (Å²) in [6.45, 7) is 22.8. The topological polar surface area (TPSA) is 85.3 Å². The first-order chi connectivity index (χ1) is 70.3. The van der Waals surface area contributed by atoms with Crippen LogP contribution in [-0.2, 0) is 24.0 Å². The van der Waals surface area contributed by atoms with Gasteiger partial charge in [-0.3, -0.25) is 24.0 Å². The molecule has 20 aliphatic carbocycles. The van der Waals surface area contributed by atoms with E-state index in [4.69, 9.17) is 0 Å². The molecule has 5 nitrogen and oxygen atoms in total. The van der Waals surface area contributed by atoms with Crippen molar-refractivity contribution >= 4 is 28.9 Å². The quantitative estimate of drug-likeness (QED) is 0.0528. The largest absolute Gasteiger partial charge is 0.298 e. The van der Waals surface area contributed by atoms with Crippen molar-refractivity contribution in [2.45, 2.75) is 646 Å². The lowest BCUT2D eigenvalue weighted by Crippen LogP contribution is -2.69. The summed E-state index contributed by atoms with van der Waals surface area (Å²) in [5, 5.41) is 0. The molecule has 20 rings (SSSR count). The zero-order valence-electron chi connectivity index (χ0n) is 96.0. The summed E-state index contributed by atoms with van der Waals surface area (Å²) in [7, 11) is 0. The predicted octanol–water partition coefficient (Wildman–Crippen LogP) is 40.3. The van der Waals surface area contributed by atoms with Crippen LogP contribution in [0.3, 0.4) is 0 Å². The molecule has 0 aromatic heterocycles. The fraction of sp³-hybridized carbons (Fsp3) is 0.963. The Morgan fingerprint density at radius 2 is 0.290 bits per heavy atom. The molecule has 10 spiro atoms. The second-order valence-corrected chi connectivity index (χ2v) is 57.5. The Balaban J connectivity index is 0.000000130. The highest BCUT2D eigenvalue weighted by Gasteiger charge is 2.77. The molecule has 0 saturated heterocycles. The van der Waals surface area contributed by atoms with Gasteiger partial charge in [0, 0.05) is 0 Å². The Hall–Kier alpha value is -2.00. The van der Waals surface area contributed by atoms with E-state index in [9.17, 15) is 24.0 Å². The summed E-state index contributed by atoms with van der Waals surface area (Å²) >= 11 is 0. The van der Waals surface area contributed by atoms with Crippen molar-refractivity contribution in [1.29, 1.82) is 0 Å². The second-order valence-electron chi connectivity index (χ2n) is 57.5. The minimum Gasteiger partial charge on any atom is -0.298 e. The van der Waals surface area contributed by atoms with E-state index in [2.05, 4.69) is 69.2 Å². The highest BCUT2D eigenvalue weighted by atomic mass is 19.2. The zero-order valence-corrected chi connectivity index (χ0v) is 96.0. The predicted molar refractivity (Wildman–Crippen MR) is 593 cm³/mol. The van der Waals surface area contributed by atoms with Crippen LogP contribution in [0.5, 0.6) is 0 Å². The lowest BCUT2D eigenvalue weighted by molar-refractivity contribution is -0.194. The van der Waals surface area contributed by atoms with Gasteiger partial charge >= 0.3 is 0 Å². The number of unbranched alkanes of at least 4 members (excludes halogenated alkanes) is 6. The van der Waals surface area contributed by atoms with Crippen LogP contribution in [0.1, 0.15) is 615 Å². The molecular weight excluding hydrogens is 1800 g/mol. The number of hydrogen-bond donors (Lipinski definition) is 0. The molecule has 0 aromatic carbocycles. The van der Waals surface area contributed by atoms with Gasteiger partial charge in [-0.2, -0.15) is 0 Å². The summed E-state index contributed by atoms with van der Waals surface area (Å²) < 4.78 is 78.5. The minimum atomic E-state index is -0.838. The number of halogens is 5. The number of alkyl halides is 5. The monoisotopic (exact) mass is 2020 g/mol. The van der Waals surface area contributed by atoms with Crippen LogP contribution in [0.2, 0.25) is 0 Å². The standard InChI is InChI=1S/C29H49FO.C28H47FO.C27H45FO.C26H43FO.C25H41FO/c1-3-5-6-7-9-23-14-18-28(19-15-23)26(30)29(27(28)31)20-16-25(17-21-29)24-12-10-22(8-4-2)11-13-24;1-3-5-6-8-22-13-17-27(18-14-22)25(29)28(26(27)30)19-15-24(16-20-28)23-11-9-21(7-4-2)10-12-23;1-3-5-7-21-12-16-26(17-13-21)24(28)27(25(26)29)18-14-23(15-19-27)22-10-8-20(6-4-2)9-11-22;1-3-5-19-7-9-21(10-8-19)22-13-17-26(18-14-22)23(27)25(24(26)28)15-11-20(6-4-2)12-16-25;1-3-5-19-6-8-20(9-7-19)21-12-16-25(17-13-21)22(26)24(23(25)27)14-10-18(4-2)11-15-24/h22-26H,3-21H2,1-2H3;21-25H,3-20H2,1-2H3;20-24H,3-19H2,1-2H3;19-23H,3-18H2,1-2H3;18-22H,3-17H2,1-2H3/t22?,23?,24?,25?,26-,28?,29?;21?,22?,23?,24?,25-,27?,28?;20?,21?,22?,23?,24-,26?,27?;19?,20?,21?,22?,23-,25?,26?;18?,19?,20?,21?,22-,24?,25?/m11111/s1.